The van der Waals surface area contributed by atoms with Crippen molar-refractivity contribution in [3.63, 3.8) is 0 Å². The maximum absolute atomic E-state index is 12.0. The van der Waals surface area contributed by atoms with Gasteiger partial charge in [0.25, 0.3) is 0 Å². The predicted octanol–water partition coefficient (Wildman–Crippen LogP) is 1.55. The van der Waals surface area contributed by atoms with Gasteiger partial charge in [0.2, 0.25) is 5.91 Å². The van der Waals surface area contributed by atoms with Gasteiger partial charge in [0.1, 0.15) is 0 Å². The molecule has 1 aliphatic rings. The van der Waals surface area contributed by atoms with Crippen LogP contribution < -0.4 is 0 Å². The average Bonchev–Trinajstić information content (AvgIpc) is 2.93. The lowest BCUT2D eigenvalue weighted by Crippen LogP contribution is -2.36. The fourth-order valence-electron chi connectivity index (χ4n) is 2.29. The van der Waals surface area contributed by atoms with Gasteiger partial charge in [-0.1, -0.05) is 12.1 Å². The van der Waals surface area contributed by atoms with Crippen LogP contribution in [-0.4, -0.2) is 35.1 Å². The first-order valence-corrected chi connectivity index (χ1v) is 6.34. The van der Waals surface area contributed by atoms with E-state index in [0.29, 0.717) is 12.1 Å². The van der Waals surface area contributed by atoms with Crippen molar-refractivity contribution in [1.29, 1.82) is 5.26 Å². The largest absolute Gasteiger partial charge is 0.394 e. The highest BCUT2D eigenvalue weighted by atomic mass is 16.3. The third-order valence-corrected chi connectivity index (χ3v) is 3.31. The Balaban J connectivity index is 2.05. The third-order valence-electron chi connectivity index (χ3n) is 3.31. The van der Waals surface area contributed by atoms with Gasteiger partial charge in [0, 0.05) is 12.6 Å². The number of carbonyl (C=O) groups is 1. The van der Waals surface area contributed by atoms with E-state index in [9.17, 15) is 9.90 Å². The van der Waals surface area contributed by atoms with Crippen LogP contribution in [0.2, 0.25) is 0 Å². The van der Waals surface area contributed by atoms with Crippen molar-refractivity contribution in [1.82, 2.24) is 4.90 Å². The molecule has 1 amide bonds. The van der Waals surface area contributed by atoms with Gasteiger partial charge in [-0.3, -0.25) is 4.79 Å². The van der Waals surface area contributed by atoms with Gasteiger partial charge >= 0.3 is 0 Å². The van der Waals surface area contributed by atoms with E-state index in [0.717, 1.165) is 18.4 Å². The van der Waals surface area contributed by atoms with E-state index in [-0.39, 0.29) is 18.6 Å². The lowest BCUT2D eigenvalue weighted by Gasteiger charge is -2.21. The van der Waals surface area contributed by atoms with Crippen molar-refractivity contribution in [2.75, 3.05) is 13.2 Å². The van der Waals surface area contributed by atoms with Crippen LogP contribution in [0.1, 0.15) is 24.0 Å². The van der Waals surface area contributed by atoms with Gasteiger partial charge < -0.3 is 10.0 Å². The zero-order valence-corrected chi connectivity index (χ0v) is 10.6. The number of likely N-dealkylation sites (tertiary alicyclic amines) is 1. The number of aliphatic hydroxyl groups excluding tert-OH is 1. The highest BCUT2D eigenvalue weighted by molar-refractivity contribution is 5.92. The first kappa shape index (κ1) is 13.3. The maximum atomic E-state index is 12.0. The van der Waals surface area contributed by atoms with Crippen LogP contribution in [0.4, 0.5) is 0 Å². The van der Waals surface area contributed by atoms with Crippen molar-refractivity contribution in [2.45, 2.75) is 18.9 Å². The first-order chi connectivity index (χ1) is 9.24. The van der Waals surface area contributed by atoms with Crippen molar-refractivity contribution >= 4 is 12.0 Å². The Labute approximate surface area is 112 Å². The summed E-state index contributed by atoms with van der Waals surface area (Å²) in [7, 11) is 0. The third kappa shape index (κ3) is 3.21. The summed E-state index contributed by atoms with van der Waals surface area (Å²) in [5.74, 6) is -0.0843. The Hall–Kier alpha value is -2.12. The molecule has 0 spiro atoms. The first-order valence-electron chi connectivity index (χ1n) is 6.34. The minimum absolute atomic E-state index is 0.0174. The van der Waals surface area contributed by atoms with Crippen LogP contribution in [0.3, 0.4) is 0 Å². The van der Waals surface area contributed by atoms with E-state index in [1.165, 1.54) is 6.08 Å². The van der Waals surface area contributed by atoms with Crippen LogP contribution >= 0.6 is 0 Å². The van der Waals surface area contributed by atoms with Gasteiger partial charge in [-0.15, -0.1) is 0 Å². The number of carbonyl (C=O) groups excluding carboxylic acids is 1. The standard InChI is InChI=1S/C15H16N2O2/c16-10-13-4-1-3-12(9-13)6-7-15(19)17-8-2-5-14(17)11-18/h1,3-4,6-7,9,14,18H,2,5,8,11H2/b7-6+/t14-/m1/s1. The highest BCUT2D eigenvalue weighted by Crippen LogP contribution is 2.17. The van der Waals surface area contributed by atoms with Gasteiger partial charge in [0.05, 0.1) is 24.3 Å². The van der Waals surface area contributed by atoms with E-state index >= 15 is 0 Å². The summed E-state index contributed by atoms with van der Waals surface area (Å²) in [6, 6.07) is 9.10. The smallest absolute Gasteiger partial charge is 0.246 e. The lowest BCUT2D eigenvalue weighted by molar-refractivity contribution is -0.127. The van der Waals surface area contributed by atoms with Crippen LogP contribution in [0.5, 0.6) is 0 Å². The van der Waals surface area contributed by atoms with Crippen LogP contribution in [0.25, 0.3) is 6.08 Å². The van der Waals surface area contributed by atoms with E-state index < -0.39 is 0 Å². The summed E-state index contributed by atoms with van der Waals surface area (Å²) < 4.78 is 0. The van der Waals surface area contributed by atoms with Crippen molar-refractivity contribution in [2.24, 2.45) is 0 Å². The highest BCUT2D eigenvalue weighted by Gasteiger charge is 2.26. The molecule has 1 fully saturated rings. The van der Waals surface area contributed by atoms with E-state index in [4.69, 9.17) is 5.26 Å². The van der Waals surface area contributed by atoms with Crippen LogP contribution in [0.15, 0.2) is 30.3 Å². The van der Waals surface area contributed by atoms with Gasteiger partial charge in [-0.05, 0) is 36.6 Å². The SMILES string of the molecule is N#Cc1cccc(/C=C/C(=O)N2CCC[C@@H]2CO)c1. The molecule has 2 rings (SSSR count). The molecule has 0 radical (unpaired) electrons. The predicted molar refractivity (Wildman–Crippen MR) is 72.0 cm³/mol. The Morgan fingerprint density at radius 1 is 1.58 bits per heavy atom. The number of hydrogen-bond acceptors (Lipinski definition) is 3. The molecule has 4 heteroatoms. The quantitative estimate of drug-likeness (QED) is 0.835. The van der Waals surface area contributed by atoms with E-state index in [1.54, 1.807) is 29.2 Å². The van der Waals surface area contributed by atoms with Gasteiger partial charge in [-0.25, -0.2) is 0 Å². The summed E-state index contributed by atoms with van der Waals surface area (Å²) in [6.45, 7) is 0.718. The topological polar surface area (TPSA) is 64.3 Å². The maximum Gasteiger partial charge on any atom is 0.246 e. The van der Waals surface area contributed by atoms with Gasteiger partial charge in [0.15, 0.2) is 0 Å². The zero-order chi connectivity index (χ0) is 13.7. The number of nitriles is 1. The molecule has 1 atom stereocenters. The fraction of sp³-hybridized carbons (Fsp3) is 0.333. The molecule has 0 unspecified atom stereocenters. The molecule has 0 bridgehead atoms. The number of benzene rings is 1. The number of rotatable bonds is 3. The molecule has 0 aliphatic carbocycles. The van der Waals surface area contributed by atoms with E-state index in [1.807, 2.05) is 6.07 Å². The van der Waals surface area contributed by atoms with Crippen molar-refractivity contribution in [3.05, 3.63) is 41.5 Å². The molecule has 1 heterocycles. The average molecular weight is 256 g/mol. The van der Waals surface area contributed by atoms with E-state index in [2.05, 4.69) is 6.07 Å². The molecular formula is C15H16N2O2. The molecule has 0 saturated carbocycles. The second-order valence-corrected chi connectivity index (χ2v) is 4.58. The summed E-state index contributed by atoms with van der Waals surface area (Å²) in [5, 5.41) is 18.0. The summed E-state index contributed by atoms with van der Waals surface area (Å²) in [4.78, 5) is 13.7. The molecule has 1 aromatic rings. The Kier molecular flexibility index (Phi) is 4.32. The number of aliphatic hydroxyl groups is 1. The second-order valence-electron chi connectivity index (χ2n) is 4.58. The second kappa shape index (κ2) is 6.17. The molecule has 4 nitrogen and oxygen atoms in total. The summed E-state index contributed by atoms with van der Waals surface area (Å²) >= 11 is 0. The molecule has 1 aromatic carbocycles. The summed E-state index contributed by atoms with van der Waals surface area (Å²) in [5.41, 5.74) is 1.40. The zero-order valence-electron chi connectivity index (χ0n) is 10.6. The van der Waals surface area contributed by atoms with Crippen LogP contribution in [-0.2, 0) is 4.79 Å². The Morgan fingerprint density at radius 2 is 2.42 bits per heavy atom. The van der Waals surface area contributed by atoms with Crippen LogP contribution in [0, 0.1) is 11.3 Å². The number of hydrogen-bond donors (Lipinski definition) is 1. The summed E-state index contributed by atoms with van der Waals surface area (Å²) in [6.07, 6.45) is 5.01. The minimum Gasteiger partial charge on any atom is -0.394 e. The molecule has 1 aliphatic heterocycles. The minimum atomic E-state index is -0.0843. The number of nitrogens with zero attached hydrogens (tertiary/aromatic N) is 2. The molecule has 1 saturated heterocycles. The Bertz CT molecular complexity index is 531. The lowest BCUT2D eigenvalue weighted by atomic mass is 10.1. The monoisotopic (exact) mass is 256 g/mol. The molecule has 19 heavy (non-hydrogen) atoms. The van der Waals surface area contributed by atoms with Crippen molar-refractivity contribution < 1.29 is 9.90 Å². The molecule has 98 valence electrons. The van der Waals surface area contributed by atoms with Gasteiger partial charge in [-0.2, -0.15) is 5.26 Å². The number of amides is 1. The molecule has 0 aromatic heterocycles. The fourth-order valence-corrected chi connectivity index (χ4v) is 2.29. The molecule has 1 N–H and O–H groups in total. The van der Waals surface area contributed by atoms with Crippen molar-refractivity contribution in [3.8, 4) is 6.07 Å². The molecular weight excluding hydrogens is 240 g/mol. The normalized spacial score (nSPS) is 18.7. The Morgan fingerprint density at radius 3 is 3.16 bits per heavy atom.